The molecule has 1 amide bonds. The molecule has 14 heavy (non-hydrogen) atoms. The number of ketones is 1. The van der Waals surface area contributed by atoms with Crippen molar-refractivity contribution in [2.75, 3.05) is 5.75 Å². The Morgan fingerprint density at radius 2 is 2.21 bits per heavy atom. The molecule has 2 atom stereocenters. The Kier molecular flexibility index (Phi) is 6.23. The summed E-state index contributed by atoms with van der Waals surface area (Å²) < 4.78 is 0. The zero-order chi connectivity index (χ0) is 11.1. The third kappa shape index (κ3) is 5.04. The summed E-state index contributed by atoms with van der Waals surface area (Å²) in [5.74, 6) is -0.310. The summed E-state index contributed by atoms with van der Waals surface area (Å²) in [5.41, 5.74) is 0. The Hall–Kier alpha value is -0.810. The first-order chi connectivity index (χ1) is 6.51. The fourth-order valence-electron chi connectivity index (χ4n) is 0.905. The van der Waals surface area contributed by atoms with Crippen molar-refractivity contribution in [2.45, 2.75) is 25.5 Å². The van der Waals surface area contributed by atoms with Crippen LogP contribution in [0.5, 0.6) is 0 Å². The third-order valence-electron chi connectivity index (χ3n) is 1.63. The standard InChI is InChI=1S/C9H15NO3S/c1-3-7(12)4-9(13)8(5-14)10-6(2)11/h3,7-8,12,14H,1,4-5H2,2H3,(H,10,11)/t7-,8-/m0/s1. The molecule has 0 aliphatic rings. The molecule has 2 N–H and O–H groups in total. The maximum absolute atomic E-state index is 11.4. The summed E-state index contributed by atoms with van der Waals surface area (Å²) >= 11 is 3.94. The van der Waals surface area contributed by atoms with Crippen LogP contribution in [0.1, 0.15) is 13.3 Å². The molecule has 5 heteroatoms. The van der Waals surface area contributed by atoms with Gasteiger partial charge >= 0.3 is 0 Å². The Balaban J connectivity index is 4.17. The average Bonchev–Trinajstić information content (AvgIpc) is 2.13. The summed E-state index contributed by atoms with van der Waals surface area (Å²) in [7, 11) is 0. The van der Waals surface area contributed by atoms with Crippen molar-refractivity contribution < 1.29 is 14.7 Å². The van der Waals surface area contributed by atoms with Gasteiger partial charge in [-0.25, -0.2) is 0 Å². The second-order valence-electron chi connectivity index (χ2n) is 2.91. The summed E-state index contributed by atoms with van der Waals surface area (Å²) in [6.45, 7) is 4.68. The first-order valence-electron chi connectivity index (χ1n) is 4.22. The number of amides is 1. The van der Waals surface area contributed by atoms with Crippen molar-refractivity contribution in [3.63, 3.8) is 0 Å². The second kappa shape index (κ2) is 6.62. The van der Waals surface area contributed by atoms with Crippen molar-refractivity contribution in [2.24, 2.45) is 0 Å². The van der Waals surface area contributed by atoms with E-state index in [0.717, 1.165) is 0 Å². The van der Waals surface area contributed by atoms with E-state index in [1.165, 1.54) is 13.0 Å². The van der Waals surface area contributed by atoms with Gasteiger partial charge < -0.3 is 10.4 Å². The molecule has 4 nitrogen and oxygen atoms in total. The second-order valence-corrected chi connectivity index (χ2v) is 3.27. The molecule has 0 unspecified atom stereocenters. The van der Waals surface area contributed by atoms with Gasteiger partial charge in [0.25, 0.3) is 0 Å². The number of carbonyl (C=O) groups excluding carboxylic acids is 2. The predicted molar refractivity (Wildman–Crippen MR) is 57.3 cm³/mol. The highest BCUT2D eigenvalue weighted by molar-refractivity contribution is 7.80. The predicted octanol–water partition coefficient (Wildman–Crippen LogP) is -0.0730. The van der Waals surface area contributed by atoms with E-state index in [4.69, 9.17) is 5.11 Å². The highest BCUT2D eigenvalue weighted by Gasteiger charge is 2.19. The van der Waals surface area contributed by atoms with Crippen molar-refractivity contribution >= 4 is 24.3 Å². The lowest BCUT2D eigenvalue weighted by molar-refractivity contribution is -0.127. The zero-order valence-corrected chi connectivity index (χ0v) is 8.96. The van der Waals surface area contributed by atoms with Gasteiger partial charge in [0.2, 0.25) is 5.91 Å². The van der Waals surface area contributed by atoms with Crippen LogP contribution in [0.3, 0.4) is 0 Å². The molecule has 0 rings (SSSR count). The summed E-state index contributed by atoms with van der Waals surface area (Å²) in [4.78, 5) is 22.1. The molecule has 0 heterocycles. The first kappa shape index (κ1) is 13.2. The van der Waals surface area contributed by atoms with E-state index < -0.39 is 12.1 Å². The fourth-order valence-corrected chi connectivity index (χ4v) is 1.20. The topological polar surface area (TPSA) is 66.4 Å². The minimum atomic E-state index is -0.862. The van der Waals surface area contributed by atoms with Crippen LogP contribution in [0.4, 0.5) is 0 Å². The molecule has 0 aliphatic heterocycles. The molecule has 0 saturated carbocycles. The smallest absolute Gasteiger partial charge is 0.217 e. The lowest BCUT2D eigenvalue weighted by Gasteiger charge is -2.14. The van der Waals surface area contributed by atoms with E-state index in [2.05, 4.69) is 24.5 Å². The molecule has 0 aromatic rings. The molecule has 0 aliphatic carbocycles. The van der Waals surface area contributed by atoms with Gasteiger partial charge in [-0.2, -0.15) is 12.6 Å². The third-order valence-corrected chi connectivity index (χ3v) is 2.00. The summed E-state index contributed by atoms with van der Waals surface area (Å²) in [6.07, 6.45) is 0.370. The monoisotopic (exact) mass is 217 g/mol. The zero-order valence-electron chi connectivity index (χ0n) is 8.06. The van der Waals surface area contributed by atoms with Gasteiger partial charge in [0, 0.05) is 19.1 Å². The van der Waals surface area contributed by atoms with E-state index in [0.29, 0.717) is 0 Å². The van der Waals surface area contributed by atoms with Crippen molar-refractivity contribution in [3.8, 4) is 0 Å². The number of Topliss-reactive ketones (excluding diaryl/α,β-unsaturated/α-hetero) is 1. The number of nitrogens with one attached hydrogen (secondary N) is 1. The van der Waals surface area contributed by atoms with Crippen LogP contribution in [0, 0.1) is 0 Å². The molecule has 0 fully saturated rings. The number of hydrogen-bond donors (Lipinski definition) is 3. The maximum atomic E-state index is 11.4. The van der Waals surface area contributed by atoms with Gasteiger partial charge in [-0.1, -0.05) is 6.08 Å². The van der Waals surface area contributed by atoms with E-state index in [9.17, 15) is 9.59 Å². The minimum absolute atomic E-state index is 0.0466. The molecule has 0 bridgehead atoms. The fraction of sp³-hybridized carbons (Fsp3) is 0.556. The molecule has 0 spiro atoms. The number of carbonyl (C=O) groups is 2. The quantitative estimate of drug-likeness (QED) is 0.431. The van der Waals surface area contributed by atoms with Gasteiger partial charge in [0.05, 0.1) is 12.1 Å². The maximum Gasteiger partial charge on any atom is 0.217 e. The molecular weight excluding hydrogens is 202 g/mol. The largest absolute Gasteiger partial charge is 0.389 e. The molecule has 0 aromatic carbocycles. The number of thiol groups is 1. The number of aliphatic hydroxyl groups is 1. The van der Waals surface area contributed by atoms with Crippen molar-refractivity contribution in [1.82, 2.24) is 5.32 Å². The Labute approximate surface area is 88.8 Å². The lowest BCUT2D eigenvalue weighted by Crippen LogP contribution is -2.42. The van der Waals surface area contributed by atoms with Crippen LogP contribution < -0.4 is 5.32 Å². The number of rotatable bonds is 6. The van der Waals surface area contributed by atoms with Gasteiger partial charge in [-0.15, -0.1) is 6.58 Å². The minimum Gasteiger partial charge on any atom is -0.389 e. The van der Waals surface area contributed by atoms with Crippen LogP contribution in [0.2, 0.25) is 0 Å². The summed E-state index contributed by atoms with van der Waals surface area (Å²) in [5, 5.41) is 11.6. The van der Waals surface area contributed by atoms with Gasteiger partial charge in [-0.05, 0) is 0 Å². The molecular formula is C9H15NO3S. The molecule has 0 aromatic heterocycles. The van der Waals surface area contributed by atoms with Crippen LogP contribution in [-0.2, 0) is 9.59 Å². The molecule has 0 saturated heterocycles. The van der Waals surface area contributed by atoms with Crippen molar-refractivity contribution in [3.05, 3.63) is 12.7 Å². The van der Waals surface area contributed by atoms with Crippen LogP contribution in [0.15, 0.2) is 12.7 Å². The van der Waals surface area contributed by atoms with E-state index in [-0.39, 0.29) is 23.9 Å². The summed E-state index contributed by atoms with van der Waals surface area (Å²) in [6, 6.07) is -0.634. The Morgan fingerprint density at radius 3 is 2.57 bits per heavy atom. The molecule has 0 radical (unpaired) electrons. The average molecular weight is 217 g/mol. The van der Waals surface area contributed by atoms with Gasteiger partial charge in [0.15, 0.2) is 5.78 Å². The van der Waals surface area contributed by atoms with Crippen LogP contribution in [-0.4, -0.2) is 34.7 Å². The van der Waals surface area contributed by atoms with E-state index >= 15 is 0 Å². The number of hydrogen-bond acceptors (Lipinski definition) is 4. The number of aliphatic hydroxyl groups excluding tert-OH is 1. The van der Waals surface area contributed by atoms with Gasteiger partial charge in [0.1, 0.15) is 0 Å². The lowest BCUT2D eigenvalue weighted by atomic mass is 10.1. The van der Waals surface area contributed by atoms with Crippen LogP contribution >= 0.6 is 12.6 Å². The van der Waals surface area contributed by atoms with E-state index in [1.54, 1.807) is 0 Å². The highest BCUT2D eigenvalue weighted by Crippen LogP contribution is 2.00. The Bertz CT molecular complexity index is 230. The normalized spacial score (nSPS) is 14.2. The SMILES string of the molecule is C=C[C@H](O)CC(=O)[C@H](CS)NC(C)=O. The van der Waals surface area contributed by atoms with E-state index in [1.807, 2.05) is 0 Å². The van der Waals surface area contributed by atoms with Crippen molar-refractivity contribution in [1.29, 1.82) is 0 Å². The highest BCUT2D eigenvalue weighted by atomic mass is 32.1. The van der Waals surface area contributed by atoms with Crippen LogP contribution in [0.25, 0.3) is 0 Å². The Morgan fingerprint density at radius 1 is 1.64 bits per heavy atom. The first-order valence-corrected chi connectivity index (χ1v) is 4.85. The molecule has 80 valence electrons. The van der Waals surface area contributed by atoms with Gasteiger partial charge in [-0.3, -0.25) is 9.59 Å².